The van der Waals surface area contributed by atoms with E-state index in [0.29, 0.717) is 12.1 Å². The molecule has 0 saturated heterocycles. The van der Waals surface area contributed by atoms with E-state index in [1.165, 1.54) is 6.26 Å². The first-order chi connectivity index (χ1) is 5.75. The molecular weight excluding hydrogens is 178 g/mol. The minimum absolute atomic E-state index is 0.142. The lowest BCUT2D eigenvalue weighted by molar-refractivity contribution is 0.0953. The summed E-state index contributed by atoms with van der Waals surface area (Å²) < 4.78 is 4.77. The lowest BCUT2D eigenvalue weighted by Crippen LogP contribution is -2.23. The smallest absolute Gasteiger partial charge is 0.256 e. The highest BCUT2D eigenvalue weighted by Gasteiger charge is 2.11. The highest BCUT2D eigenvalue weighted by atomic mass is 35.5. The maximum Gasteiger partial charge on any atom is 0.256 e. The third-order valence-corrected chi connectivity index (χ3v) is 1.69. The van der Waals surface area contributed by atoms with Crippen molar-refractivity contribution in [3.05, 3.63) is 23.1 Å². The summed E-state index contributed by atoms with van der Waals surface area (Å²) in [7, 11) is 0. The van der Waals surface area contributed by atoms with Crippen LogP contribution in [-0.4, -0.2) is 12.5 Å². The van der Waals surface area contributed by atoms with Crippen LogP contribution < -0.4 is 5.32 Å². The molecule has 1 rings (SSSR count). The number of halogens is 1. The fourth-order valence-corrected chi connectivity index (χ4v) is 0.990. The van der Waals surface area contributed by atoms with Crippen molar-refractivity contribution in [2.75, 3.05) is 6.54 Å². The van der Waals surface area contributed by atoms with E-state index in [4.69, 9.17) is 16.0 Å². The predicted octanol–water partition coefficient (Wildman–Crippen LogP) is 2.07. The van der Waals surface area contributed by atoms with E-state index < -0.39 is 0 Å². The number of amides is 1. The Labute approximate surface area is 75.7 Å². The van der Waals surface area contributed by atoms with E-state index in [-0.39, 0.29) is 11.1 Å². The van der Waals surface area contributed by atoms with Gasteiger partial charge in [0, 0.05) is 6.54 Å². The van der Waals surface area contributed by atoms with Crippen molar-refractivity contribution in [1.82, 2.24) is 5.32 Å². The van der Waals surface area contributed by atoms with Crippen molar-refractivity contribution in [2.45, 2.75) is 13.3 Å². The van der Waals surface area contributed by atoms with Crippen LogP contribution in [0.25, 0.3) is 0 Å². The molecule has 0 spiro atoms. The van der Waals surface area contributed by atoms with E-state index >= 15 is 0 Å². The summed E-state index contributed by atoms with van der Waals surface area (Å²) in [4.78, 5) is 11.2. The number of carbonyl (C=O) groups is 1. The van der Waals surface area contributed by atoms with Crippen LogP contribution in [0.15, 0.2) is 16.7 Å². The van der Waals surface area contributed by atoms with E-state index in [1.807, 2.05) is 6.92 Å². The SMILES string of the molecule is CCCNC(=O)c1ccoc1Cl. The molecule has 1 amide bonds. The molecule has 0 atom stereocenters. The molecule has 0 radical (unpaired) electrons. The Bertz CT molecular complexity index is 270. The average Bonchev–Trinajstić information content (AvgIpc) is 2.47. The van der Waals surface area contributed by atoms with Gasteiger partial charge in [0.15, 0.2) is 0 Å². The van der Waals surface area contributed by atoms with Crippen LogP contribution in [0.4, 0.5) is 0 Å². The molecule has 1 aromatic heterocycles. The van der Waals surface area contributed by atoms with Crippen LogP contribution in [0.1, 0.15) is 23.7 Å². The van der Waals surface area contributed by atoms with Crippen molar-refractivity contribution < 1.29 is 9.21 Å². The number of carbonyl (C=O) groups excluding carboxylic acids is 1. The minimum Gasteiger partial charge on any atom is -0.452 e. The Balaban J connectivity index is 2.59. The second-order valence-electron chi connectivity index (χ2n) is 2.36. The Kier molecular flexibility index (Phi) is 3.17. The predicted molar refractivity (Wildman–Crippen MR) is 46.3 cm³/mol. The molecule has 0 aliphatic carbocycles. The maximum atomic E-state index is 11.2. The zero-order valence-electron chi connectivity index (χ0n) is 6.76. The first kappa shape index (κ1) is 9.13. The zero-order chi connectivity index (χ0) is 8.97. The summed E-state index contributed by atoms with van der Waals surface area (Å²) >= 11 is 5.59. The second-order valence-corrected chi connectivity index (χ2v) is 2.71. The van der Waals surface area contributed by atoms with Crippen LogP contribution in [-0.2, 0) is 0 Å². The molecule has 0 fully saturated rings. The van der Waals surface area contributed by atoms with Gasteiger partial charge in [-0.2, -0.15) is 0 Å². The highest BCUT2D eigenvalue weighted by molar-refractivity contribution is 6.32. The first-order valence-electron chi connectivity index (χ1n) is 3.77. The third kappa shape index (κ3) is 2.01. The summed E-state index contributed by atoms with van der Waals surface area (Å²) in [6.07, 6.45) is 2.30. The molecule has 0 unspecified atom stereocenters. The van der Waals surface area contributed by atoms with Gasteiger partial charge in [0.1, 0.15) is 0 Å². The molecule has 0 aromatic carbocycles. The monoisotopic (exact) mass is 187 g/mol. The Hall–Kier alpha value is -0.960. The number of hydrogen-bond donors (Lipinski definition) is 1. The molecular formula is C8H10ClNO2. The van der Waals surface area contributed by atoms with Gasteiger partial charge in [0.25, 0.3) is 5.91 Å². The van der Waals surface area contributed by atoms with Crippen molar-refractivity contribution in [3.63, 3.8) is 0 Å². The van der Waals surface area contributed by atoms with Crippen LogP contribution in [0, 0.1) is 0 Å². The number of nitrogens with one attached hydrogen (secondary N) is 1. The Morgan fingerprint density at radius 1 is 1.75 bits per heavy atom. The second kappa shape index (κ2) is 4.16. The van der Waals surface area contributed by atoms with E-state index in [2.05, 4.69) is 5.32 Å². The van der Waals surface area contributed by atoms with Gasteiger partial charge in [-0.3, -0.25) is 4.79 Å². The summed E-state index contributed by atoms with van der Waals surface area (Å²) in [5.41, 5.74) is 0.394. The van der Waals surface area contributed by atoms with Gasteiger partial charge < -0.3 is 9.73 Å². The fourth-order valence-electron chi connectivity index (χ4n) is 0.790. The van der Waals surface area contributed by atoms with Gasteiger partial charge in [-0.15, -0.1) is 0 Å². The lowest BCUT2D eigenvalue weighted by Gasteiger charge is -1.99. The van der Waals surface area contributed by atoms with Crippen molar-refractivity contribution in [2.24, 2.45) is 0 Å². The quantitative estimate of drug-likeness (QED) is 0.787. The Morgan fingerprint density at radius 2 is 2.50 bits per heavy atom. The van der Waals surface area contributed by atoms with Crippen molar-refractivity contribution >= 4 is 17.5 Å². The summed E-state index contributed by atoms with van der Waals surface area (Å²) in [6.45, 7) is 2.64. The van der Waals surface area contributed by atoms with E-state index in [1.54, 1.807) is 6.07 Å². The molecule has 0 bridgehead atoms. The van der Waals surface area contributed by atoms with Gasteiger partial charge in [0.2, 0.25) is 5.22 Å². The summed E-state index contributed by atoms with van der Waals surface area (Å²) in [6, 6.07) is 1.55. The van der Waals surface area contributed by atoms with Crippen molar-refractivity contribution in [3.8, 4) is 0 Å². The molecule has 1 heterocycles. The molecule has 1 N–H and O–H groups in total. The van der Waals surface area contributed by atoms with Crippen LogP contribution >= 0.6 is 11.6 Å². The number of furan rings is 1. The molecule has 1 aromatic rings. The summed E-state index contributed by atoms with van der Waals surface area (Å²) in [5, 5.41) is 2.83. The minimum atomic E-state index is -0.185. The molecule has 66 valence electrons. The van der Waals surface area contributed by atoms with Gasteiger partial charge in [-0.1, -0.05) is 6.92 Å². The Morgan fingerprint density at radius 3 is 3.00 bits per heavy atom. The highest BCUT2D eigenvalue weighted by Crippen LogP contribution is 2.15. The topological polar surface area (TPSA) is 42.2 Å². The number of rotatable bonds is 3. The zero-order valence-corrected chi connectivity index (χ0v) is 7.52. The molecule has 0 aliphatic heterocycles. The fraction of sp³-hybridized carbons (Fsp3) is 0.375. The maximum absolute atomic E-state index is 11.2. The van der Waals surface area contributed by atoms with Crippen molar-refractivity contribution in [1.29, 1.82) is 0 Å². The first-order valence-corrected chi connectivity index (χ1v) is 4.14. The van der Waals surface area contributed by atoms with Crippen LogP contribution in [0.3, 0.4) is 0 Å². The van der Waals surface area contributed by atoms with E-state index in [9.17, 15) is 4.79 Å². The normalized spacial score (nSPS) is 9.83. The van der Waals surface area contributed by atoms with Crippen LogP contribution in [0.5, 0.6) is 0 Å². The van der Waals surface area contributed by atoms with E-state index in [0.717, 1.165) is 6.42 Å². The molecule has 12 heavy (non-hydrogen) atoms. The molecule has 4 heteroatoms. The molecule has 3 nitrogen and oxygen atoms in total. The van der Waals surface area contributed by atoms with Gasteiger partial charge in [0.05, 0.1) is 11.8 Å². The van der Waals surface area contributed by atoms with Gasteiger partial charge >= 0.3 is 0 Å². The number of hydrogen-bond acceptors (Lipinski definition) is 2. The summed E-state index contributed by atoms with van der Waals surface area (Å²) in [5.74, 6) is -0.185. The van der Waals surface area contributed by atoms with Crippen LogP contribution in [0.2, 0.25) is 5.22 Å². The standard InChI is InChI=1S/C8H10ClNO2/c1-2-4-10-8(11)6-3-5-12-7(6)9/h3,5H,2,4H2,1H3,(H,10,11). The largest absolute Gasteiger partial charge is 0.452 e. The molecule has 0 saturated carbocycles. The lowest BCUT2D eigenvalue weighted by atomic mass is 10.3. The average molecular weight is 188 g/mol. The van der Waals surface area contributed by atoms with Gasteiger partial charge in [-0.05, 0) is 24.1 Å². The molecule has 0 aliphatic rings. The van der Waals surface area contributed by atoms with Gasteiger partial charge in [-0.25, -0.2) is 0 Å². The third-order valence-electron chi connectivity index (χ3n) is 1.40.